The molecule has 0 fully saturated rings. The summed E-state index contributed by atoms with van der Waals surface area (Å²) in [4.78, 5) is 12.2. The smallest absolute Gasteiger partial charge is 0.264 e. The maximum Gasteiger partial charge on any atom is 0.264 e. The van der Waals surface area contributed by atoms with Crippen LogP contribution in [0.4, 0.5) is 11.6 Å². The topological polar surface area (TPSA) is 124 Å². The molecule has 0 bridgehead atoms. The van der Waals surface area contributed by atoms with Crippen LogP contribution in [0, 0.1) is 18.3 Å². The minimum Gasteiger partial charge on any atom is -0.352 e. The number of anilines is 2. The van der Waals surface area contributed by atoms with E-state index in [1.165, 1.54) is 0 Å². The van der Waals surface area contributed by atoms with Gasteiger partial charge in [0.1, 0.15) is 4.90 Å². The molecule has 0 saturated heterocycles. The minimum absolute atomic E-state index is 0.122. The molecular formula is C25H20N6O2S. The van der Waals surface area contributed by atoms with E-state index in [0.29, 0.717) is 40.3 Å². The van der Waals surface area contributed by atoms with E-state index >= 15 is 0 Å². The van der Waals surface area contributed by atoms with Gasteiger partial charge in [0, 0.05) is 23.7 Å². The highest BCUT2D eigenvalue weighted by molar-refractivity contribution is 7.93. The van der Waals surface area contributed by atoms with Crippen molar-refractivity contribution < 1.29 is 8.42 Å². The molecule has 0 aliphatic rings. The third kappa shape index (κ3) is 4.02. The van der Waals surface area contributed by atoms with E-state index in [2.05, 4.69) is 31.1 Å². The fraction of sp³-hybridized carbons (Fsp3) is 0.0800. The van der Waals surface area contributed by atoms with Gasteiger partial charge in [0.15, 0.2) is 0 Å². The number of sulfonamides is 1. The number of aromatic amines is 1. The lowest BCUT2D eigenvalue weighted by Crippen LogP contribution is -2.14. The van der Waals surface area contributed by atoms with Gasteiger partial charge in [0.25, 0.3) is 10.0 Å². The Kier molecular flexibility index (Phi) is 5.36. The molecule has 0 saturated carbocycles. The Labute approximate surface area is 196 Å². The number of aryl methyl sites for hydroxylation is 1. The van der Waals surface area contributed by atoms with Crippen LogP contribution in [0.1, 0.15) is 16.7 Å². The maximum absolute atomic E-state index is 13.2. The Morgan fingerprint density at radius 1 is 1.00 bits per heavy atom. The van der Waals surface area contributed by atoms with Gasteiger partial charge < -0.3 is 10.3 Å². The number of nitriles is 1. The average Bonchev–Trinajstić information content (AvgIpc) is 3.28. The van der Waals surface area contributed by atoms with Gasteiger partial charge in [-0.3, -0.25) is 9.71 Å². The molecule has 0 spiro atoms. The monoisotopic (exact) mass is 468 g/mol. The molecule has 9 heteroatoms. The molecule has 0 aliphatic heterocycles. The Bertz CT molecular complexity index is 1660. The van der Waals surface area contributed by atoms with Crippen molar-refractivity contribution >= 4 is 43.6 Å². The number of nitrogens with one attached hydrogen (secondary N) is 3. The van der Waals surface area contributed by atoms with Crippen LogP contribution in [-0.4, -0.2) is 23.4 Å². The van der Waals surface area contributed by atoms with Crippen molar-refractivity contribution in [3.8, 4) is 6.07 Å². The zero-order valence-corrected chi connectivity index (χ0v) is 19.0. The van der Waals surface area contributed by atoms with Gasteiger partial charge in [-0.25, -0.2) is 13.4 Å². The van der Waals surface area contributed by atoms with Gasteiger partial charge in [0.2, 0.25) is 5.95 Å². The van der Waals surface area contributed by atoms with E-state index in [0.717, 1.165) is 16.5 Å². The maximum atomic E-state index is 13.2. The second kappa shape index (κ2) is 8.50. The molecule has 2 aromatic heterocycles. The van der Waals surface area contributed by atoms with Crippen LogP contribution in [0.5, 0.6) is 0 Å². The number of hydrogen-bond acceptors (Lipinski definition) is 6. The highest BCUT2D eigenvalue weighted by Gasteiger charge is 2.20. The molecule has 34 heavy (non-hydrogen) atoms. The summed E-state index contributed by atoms with van der Waals surface area (Å²) < 4.78 is 29.1. The van der Waals surface area contributed by atoms with Gasteiger partial charge in [-0.1, -0.05) is 30.3 Å². The summed E-state index contributed by atoms with van der Waals surface area (Å²) >= 11 is 0. The number of benzene rings is 3. The van der Waals surface area contributed by atoms with E-state index < -0.39 is 10.0 Å². The van der Waals surface area contributed by atoms with Gasteiger partial charge in [-0.05, 0) is 48.9 Å². The van der Waals surface area contributed by atoms with E-state index in [1.54, 1.807) is 48.7 Å². The summed E-state index contributed by atoms with van der Waals surface area (Å²) in [5, 5.41) is 12.9. The molecular weight excluding hydrogens is 448 g/mol. The number of aromatic nitrogens is 3. The Balaban J connectivity index is 1.41. The van der Waals surface area contributed by atoms with Crippen molar-refractivity contribution in [1.82, 2.24) is 15.0 Å². The summed E-state index contributed by atoms with van der Waals surface area (Å²) in [6.07, 6.45) is 1.58. The lowest BCUT2D eigenvalue weighted by Gasteiger charge is -2.12. The number of para-hydroxylation sites is 1. The minimum atomic E-state index is -3.87. The van der Waals surface area contributed by atoms with Crippen molar-refractivity contribution in [3.05, 3.63) is 89.6 Å². The average molecular weight is 469 g/mol. The quantitative estimate of drug-likeness (QED) is 0.332. The fourth-order valence-corrected chi connectivity index (χ4v) is 5.09. The molecule has 0 amide bonds. The number of nitrogens with zero attached hydrogens (tertiary/aromatic N) is 3. The number of imidazole rings is 1. The van der Waals surface area contributed by atoms with E-state index in [1.807, 2.05) is 31.2 Å². The summed E-state index contributed by atoms with van der Waals surface area (Å²) in [6.45, 7) is 2.35. The summed E-state index contributed by atoms with van der Waals surface area (Å²) in [5.74, 6) is 0.570. The second-order valence-electron chi connectivity index (χ2n) is 7.82. The Hall–Kier alpha value is -4.42. The predicted octanol–water partition coefficient (Wildman–Crippen LogP) is 4.70. The van der Waals surface area contributed by atoms with Crippen LogP contribution in [0.25, 0.3) is 21.9 Å². The van der Waals surface area contributed by atoms with E-state index in [-0.39, 0.29) is 4.90 Å². The van der Waals surface area contributed by atoms with Crippen LogP contribution in [-0.2, 0) is 16.6 Å². The first-order valence-electron chi connectivity index (χ1n) is 10.5. The van der Waals surface area contributed by atoms with Gasteiger partial charge in [0.05, 0.1) is 33.9 Å². The predicted molar refractivity (Wildman–Crippen MR) is 132 cm³/mol. The second-order valence-corrected chi connectivity index (χ2v) is 9.47. The third-order valence-electron chi connectivity index (χ3n) is 5.58. The molecule has 0 aliphatic carbocycles. The van der Waals surface area contributed by atoms with Crippen molar-refractivity contribution in [3.63, 3.8) is 0 Å². The number of rotatable bonds is 6. The lowest BCUT2D eigenvalue weighted by atomic mass is 10.1. The first-order chi connectivity index (χ1) is 16.4. The number of hydrogen-bond donors (Lipinski definition) is 3. The number of pyridine rings is 1. The highest BCUT2D eigenvalue weighted by atomic mass is 32.2. The van der Waals surface area contributed by atoms with Crippen molar-refractivity contribution in [2.45, 2.75) is 18.4 Å². The molecule has 0 atom stereocenters. The number of fused-ring (bicyclic) bond motifs is 2. The molecule has 168 valence electrons. The van der Waals surface area contributed by atoms with E-state index in [9.17, 15) is 8.42 Å². The molecule has 0 unspecified atom stereocenters. The van der Waals surface area contributed by atoms with Crippen LogP contribution in [0.2, 0.25) is 0 Å². The normalized spacial score (nSPS) is 11.4. The molecule has 2 heterocycles. The van der Waals surface area contributed by atoms with Crippen LogP contribution < -0.4 is 10.0 Å². The van der Waals surface area contributed by atoms with Crippen LogP contribution in [0.3, 0.4) is 0 Å². The first-order valence-corrected chi connectivity index (χ1v) is 12.0. The zero-order chi connectivity index (χ0) is 23.7. The van der Waals surface area contributed by atoms with E-state index in [4.69, 9.17) is 5.26 Å². The van der Waals surface area contributed by atoms with Crippen molar-refractivity contribution in [2.75, 3.05) is 10.0 Å². The van der Waals surface area contributed by atoms with Crippen LogP contribution >= 0.6 is 0 Å². The third-order valence-corrected chi connectivity index (χ3v) is 6.98. The van der Waals surface area contributed by atoms with Crippen molar-refractivity contribution in [1.29, 1.82) is 5.26 Å². The molecule has 3 aromatic carbocycles. The first kappa shape index (κ1) is 21.4. The molecule has 0 radical (unpaired) electrons. The number of H-pyrrole nitrogens is 1. The largest absolute Gasteiger partial charge is 0.352 e. The summed E-state index contributed by atoms with van der Waals surface area (Å²) in [6, 6.07) is 21.6. The van der Waals surface area contributed by atoms with Crippen LogP contribution in [0.15, 0.2) is 77.8 Å². The zero-order valence-electron chi connectivity index (χ0n) is 18.2. The molecule has 8 nitrogen and oxygen atoms in total. The fourth-order valence-electron chi connectivity index (χ4n) is 3.78. The Morgan fingerprint density at radius 2 is 1.79 bits per heavy atom. The molecule has 5 aromatic rings. The highest BCUT2D eigenvalue weighted by Crippen LogP contribution is 2.29. The van der Waals surface area contributed by atoms with Gasteiger partial charge in [-0.2, -0.15) is 5.26 Å². The van der Waals surface area contributed by atoms with Gasteiger partial charge >= 0.3 is 0 Å². The molecule has 3 N–H and O–H groups in total. The molecule has 5 rings (SSSR count). The van der Waals surface area contributed by atoms with Crippen molar-refractivity contribution in [2.24, 2.45) is 0 Å². The van der Waals surface area contributed by atoms with Gasteiger partial charge in [-0.15, -0.1) is 0 Å². The Morgan fingerprint density at radius 3 is 2.59 bits per heavy atom. The standard InChI is InChI=1S/C25H20N6O2S/c1-16-20(31-34(32,33)22-6-2-4-19-5-3-13-27-24(19)22)11-12-21-23(16)30-25(29-21)28-15-18-9-7-17(14-26)8-10-18/h2-13,31H,15H2,1H3,(H2,28,29,30). The summed E-state index contributed by atoms with van der Waals surface area (Å²) in [5.41, 5.74) is 4.65. The summed E-state index contributed by atoms with van der Waals surface area (Å²) in [7, 11) is -3.87. The lowest BCUT2D eigenvalue weighted by molar-refractivity contribution is 0.602. The SMILES string of the molecule is Cc1c(NS(=O)(=O)c2cccc3cccnc23)ccc2[nH]c(NCc3ccc(C#N)cc3)nc12.